The van der Waals surface area contributed by atoms with Crippen molar-refractivity contribution in [1.82, 2.24) is 19.9 Å². The second-order valence-electron chi connectivity index (χ2n) is 8.36. The zero-order chi connectivity index (χ0) is 23.7. The summed E-state index contributed by atoms with van der Waals surface area (Å²) < 4.78 is 10.6. The van der Waals surface area contributed by atoms with Gasteiger partial charge in [-0.1, -0.05) is 0 Å². The van der Waals surface area contributed by atoms with Crippen LogP contribution in [0.4, 0.5) is 28.8 Å². The number of aromatic amines is 1. The molecule has 1 unspecified atom stereocenters. The average Bonchev–Trinajstić information content (AvgIpc) is 3.21. The first-order chi connectivity index (χ1) is 16.5. The minimum atomic E-state index is -0.478. The van der Waals surface area contributed by atoms with Crippen molar-refractivity contribution in [3.05, 3.63) is 64.8 Å². The van der Waals surface area contributed by atoms with Crippen molar-refractivity contribution in [2.45, 2.75) is 13.2 Å². The average molecular weight is 462 g/mol. The van der Waals surface area contributed by atoms with Crippen LogP contribution in [0.25, 0.3) is 11.1 Å². The first-order valence-corrected chi connectivity index (χ1v) is 11.1. The summed E-state index contributed by atoms with van der Waals surface area (Å²) in [5.41, 5.74) is 4.86. The first-order valence-electron chi connectivity index (χ1n) is 11.1. The Morgan fingerprint density at radius 1 is 1.12 bits per heavy atom. The van der Waals surface area contributed by atoms with Gasteiger partial charge in [0, 0.05) is 49.0 Å². The maximum absolute atomic E-state index is 11.4. The van der Waals surface area contributed by atoms with E-state index in [0.717, 1.165) is 42.3 Å². The van der Waals surface area contributed by atoms with E-state index in [4.69, 9.17) is 9.15 Å². The number of hydrogen-bond donors (Lipinski definition) is 3. The molecule has 3 heterocycles. The van der Waals surface area contributed by atoms with E-state index < -0.39 is 5.76 Å². The monoisotopic (exact) mass is 461 g/mol. The van der Waals surface area contributed by atoms with E-state index in [0.29, 0.717) is 22.9 Å². The molecule has 0 saturated carbocycles. The van der Waals surface area contributed by atoms with Crippen LogP contribution >= 0.6 is 0 Å². The van der Waals surface area contributed by atoms with Crippen LogP contribution in [-0.2, 0) is 4.74 Å². The number of piperazine rings is 1. The molecule has 10 heteroatoms. The summed E-state index contributed by atoms with van der Waals surface area (Å²) in [6, 6.07) is 13.6. The van der Waals surface area contributed by atoms with E-state index in [1.807, 2.05) is 25.1 Å². The van der Waals surface area contributed by atoms with Crippen molar-refractivity contribution in [3.63, 3.8) is 0 Å². The highest BCUT2D eigenvalue weighted by Gasteiger charge is 2.24. The van der Waals surface area contributed by atoms with Crippen molar-refractivity contribution in [1.29, 1.82) is 0 Å². The number of fused-ring (bicyclic) bond motifs is 1. The van der Waals surface area contributed by atoms with Gasteiger partial charge in [-0.15, -0.1) is 0 Å². The molecule has 10 nitrogen and oxygen atoms in total. The third-order valence-electron chi connectivity index (χ3n) is 6.00. The van der Waals surface area contributed by atoms with Gasteiger partial charge in [-0.3, -0.25) is 9.88 Å². The molecule has 3 N–H and O–H groups in total. The first kappa shape index (κ1) is 21.9. The van der Waals surface area contributed by atoms with Gasteiger partial charge in [0.25, 0.3) is 0 Å². The zero-order valence-corrected chi connectivity index (χ0v) is 19.3. The largest absolute Gasteiger partial charge is 0.417 e. The highest BCUT2D eigenvalue weighted by Crippen LogP contribution is 2.25. The Hall–Kier alpha value is -3.89. The van der Waals surface area contributed by atoms with Gasteiger partial charge >= 0.3 is 5.76 Å². The molecule has 1 atom stereocenters. The lowest BCUT2D eigenvalue weighted by Crippen LogP contribution is -2.52. The minimum absolute atomic E-state index is 0.0906. The van der Waals surface area contributed by atoms with Gasteiger partial charge in [-0.2, -0.15) is 4.98 Å². The Bertz CT molecular complexity index is 1350. The van der Waals surface area contributed by atoms with Gasteiger partial charge in [0.1, 0.15) is 12.0 Å². The Morgan fingerprint density at radius 2 is 1.91 bits per heavy atom. The summed E-state index contributed by atoms with van der Waals surface area (Å²) in [6.07, 6.45) is 1.85. The Morgan fingerprint density at radius 3 is 2.71 bits per heavy atom. The number of aromatic nitrogens is 3. The molecule has 4 aromatic rings. The van der Waals surface area contributed by atoms with Crippen molar-refractivity contribution in [2.24, 2.45) is 0 Å². The molecule has 0 bridgehead atoms. The number of likely N-dealkylation sites (N-methyl/N-ethyl adjacent to an activating group) is 1. The fourth-order valence-electron chi connectivity index (χ4n) is 4.01. The topological polar surface area (TPSA) is 112 Å². The Kier molecular flexibility index (Phi) is 5.91. The summed E-state index contributed by atoms with van der Waals surface area (Å²) in [5, 5.41) is 6.56. The van der Waals surface area contributed by atoms with Crippen LogP contribution in [0.3, 0.4) is 0 Å². The molecule has 0 spiro atoms. The molecule has 1 aliphatic heterocycles. The van der Waals surface area contributed by atoms with E-state index in [1.165, 1.54) is 0 Å². The van der Waals surface area contributed by atoms with Crippen LogP contribution in [0.2, 0.25) is 0 Å². The fourth-order valence-corrected chi connectivity index (χ4v) is 4.01. The minimum Gasteiger partial charge on any atom is -0.408 e. The lowest BCUT2D eigenvalue weighted by Gasteiger charge is -2.39. The van der Waals surface area contributed by atoms with Crippen molar-refractivity contribution >= 4 is 39.9 Å². The smallest absolute Gasteiger partial charge is 0.408 e. The van der Waals surface area contributed by atoms with E-state index in [2.05, 4.69) is 54.6 Å². The van der Waals surface area contributed by atoms with E-state index >= 15 is 0 Å². The van der Waals surface area contributed by atoms with Crippen molar-refractivity contribution in [3.8, 4) is 0 Å². The van der Waals surface area contributed by atoms with Crippen LogP contribution in [0.1, 0.15) is 5.56 Å². The standard InChI is InChI=1S/C24H27N7O3/c1-15-13-25-23(29-22(15)26-17-6-9-20-19(12-17)28-24(32)34-20)27-16-4-7-18(8-5-16)31-11-10-30(2)21(14-31)33-3/h4-9,12-13,21H,10-11,14H2,1-3H3,(H,28,32)(H2,25,26,27,29). The number of rotatable bonds is 6. The SMILES string of the molecule is COC1CN(c2ccc(Nc3ncc(C)c(Nc4ccc5oc(=O)[nH]c5c4)n3)cc2)CCN1C. The summed E-state index contributed by atoms with van der Waals surface area (Å²) in [7, 11) is 3.83. The van der Waals surface area contributed by atoms with Gasteiger partial charge in [-0.05, 0) is 56.4 Å². The lowest BCUT2D eigenvalue weighted by atomic mass is 10.2. The van der Waals surface area contributed by atoms with Gasteiger partial charge in [-0.25, -0.2) is 9.78 Å². The van der Waals surface area contributed by atoms with Gasteiger partial charge in [0.15, 0.2) is 5.58 Å². The predicted molar refractivity (Wildman–Crippen MR) is 132 cm³/mol. The molecule has 34 heavy (non-hydrogen) atoms. The molecule has 2 aromatic carbocycles. The second-order valence-corrected chi connectivity index (χ2v) is 8.36. The highest BCUT2D eigenvalue weighted by molar-refractivity contribution is 5.78. The van der Waals surface area contributed by atoms with E-state index in [9.17, 15) is 4.79 Å². The summed E-state index contributed by atoms with van der Waals surface area (Å²) in [6.45, 7) is 4.67. The number of benzene rings is 2. The molecule has 0 amide bonds. The number of aryl methyl sites for hydroxylation is 1. The van der Waals surface area contributed by atoms with Crippen LogP contribution < -0.4 is 21.3 Å². The predicted octanol–water partition coefficient (Wildman–Crippen LogP) is 3.43. The zero-order valence-electron chi connectivity index (χ0n) is 19.3. The summed E-state index contributed by atoms with van der Waals surface area (Å²) in [5.74, 6) is 0.675. The van der Waals surface area contributed by atoms with Gasteiger partial charge in [0.2, 0.25) is 5.95 Å². The van der Waals surface area contributed by atoms with E-state index in [1.54, 1.807) is 25.4 Å². The molecule has 5 rings (SSSR count). The highest BCUT2D eigenvalue weighted by atomic mass is 16.5. The number of methoxy groups -OCH3 is 1. The molecule has 2 aromatic heterocycles. The van der Waals surface area contributed by atoms with Gasteiger partial charge in [0.05, 0.1) is 12.1 Å². The summed E-state index contributed by atoms with van der Waals surface area (Å²) in [4.78, 5) is 27.7. The molecular formula is C24H27N7O3. The second kappa shape index (κ2) is 9.16. The molecule has 0 radical (unpaired) electrons. The number of nitrogens with one attached hydrogen (secondary N) is 3. The number of hydrogen-bond acceptors (Lipinski definition) is 9. The quantitative estimate of drug-likeness (QED) is 0.398. The maximum Gasteiger partial charge on any atom is 0.417 e. The van der Waals surface area contributed by atoms with Crippen molar-refractivity contribution in [2.75, 3.05) is 49.3 Å². The Balaban J connectivity index is 1.29. The number of H-pyrrole nitrogens is 1. The molecule has 176 valence electrons. The molecule has 1 fully saturated rings. The van der Waals surface area contributed by atoms with Crippen molar-refractivity contribution < 1.29 is 9.15 Å². The van der Waals surface area contributed by atoms with Crippen LogP contribution in [0, 0.1) is 6.92 Å². The van der Waals surface area contributed by atoms with Crippen LogP contribution in [-0.4, -0.2) is 59.9 Å². The molecular weight excluding hydrogens is 434 g/mol. The van der Waals surface area contributed by atoms with E-state index in [-0.39, 0.29) is 6.23 Å². The number of nitrogens with zero attached hydrogens (tertiary/aromatic N) is 4. The maximum atomic E-state index is 11.4. The number of oxazole rings is 1. The molecule has 1 saturated heterocycles. The molecule has 1 aliphatic rings. The Labute approximate surface area is 196 Å². The normalized spacial score (nSPS) is 16.7. The third-order valence-corrected chi connectivity index (χ3v) is 6.00. The summed E-state index contributed by atoms with van der Waals surface area (Å²) >= 11 is 0. The third kappa shape index (κ3) is 4.59. The lowest BCUT2D eigenvalue weighted by molar-refractivity contribution is -0.0225. The number of anilines is 5. The number of ether oxygens (including phenoxy) is 1. The van der Waals surface area contributed by atoms with Crippen LogP contribution in [0.15, 0.2) is 57.9 Å². The van der Waals surface area contributed by atoms with Gasteiger partial charge < -0.3 is 24.7 Å². The fraction of sp³-hybridized carbons (Fsp3) is 0.292. The van der Waals surface area contributed by atoms with Crippen LogP contribution in [0.5, 0.6) is 0 Å². The molecule has 0 aliphatic carbocycles.